The first-order valence-corrected chi connectivity index (χ1v) is 5.06. The number of carbonyl (C=O) groups excluding carboxylic acids is 1. The van der Waals surface area contributed by atoms with E-state index in [9.17, 15) is 4.79 Å². The van der Waals surface area contributed by atoms with Crippen LogP contribution in [0, 0.1) is 5.41 Å². The lowest BCUT2D eigenvalue weighted by Gasteiger charge is -2.18. The van der Waals surface area contributed by atoms with E-state index < -0.39 is 0 Å². The Morgan fingerprint density at radius 1 is 1.40 bits per heavy atom. The Morgan fingerprint density at radius 3 is 2.40 bits per heavy atom. The van der Waals surface area contributed by atoms with Gasteiger partial charge in [0.2, 0.25) is 5.91 Å². The molecule has 1 atom stereocenters. The van der Waals surface area contributed by atoms with Gasteiger partial charge in [0.15, 0.2) is 5.96 Å². The molecule has 0 aromatic carbocycles. The smallest absolute Gasteiger partial charge is 0.234 e. The van der Waals surface area contributed by atoms with E-state index in [4.69, 9.17) is 16.9 Å². The molecule has 0 saturated heterocycles. The van der Waals surface area contributed by atoms with E-state index >= 15 is 0 Å². The first-order chi connectivity index (χ1) is 6.93. The fourth-order valence-corrected chi connectivity index (χ4v) is 1.24. The molecule has 7 N–H and O–H groups in total. The molecule has 0 rings (SSSR count). The highest BCUT2D eigenvalue weighted by Gasteiger charge is 2.14. The van der Waals surface area contributed by atoms with Gasteiger partial charge in [0, 0.05) is 12.6 Å². The first-order valence-electron chi connectivity index (χ1n) is 5.06. The van der Waals surface area contributed by atoms with Crippen LogP contribution in [0.25, 0.3) is 0 Å². The maximum atomic E-state index is 11.0. The topological polar surface area (TPSA) is 117 Å². The lowest BCUT2D eigenvalue weighted by atomic mass is 10.1. The van der Waals surface area contributed by atoms with Crippen LogP contribution < -0.4 is 22.1 Å². The minimum Gasteiger partial charge on any atom is -0.370 e. The van der Waals surface area contributed by atoms with E-state index in [-0.39, 0.29) is 24.0 Å². The molecule has 6 nitrogen and oxygen atoms in total. The molecule has 88 valence electrons. The molecule has 0 aliphatic rings. The van der Waals surface area contributed by atoms with Crippen LogP contribution in [0.4, 0.5) is 0 Å². The van der Waals surface area contributed by atoms with Crippen LogP contribution in [-0.4, -0.2) is 30.5 Å². The van der Waals surface area contributed by atoms with Crippen LogP contribution in [0.2, 0.25) is 0 Å². The van der Waals surface area contributed by atoms with Gasteiger partial charge in [-0.3, -0.25) is 10.2 Å². The third kappa shape index (κ3) is 7.75. The quantitative estimate of drug-likeness (QED) is 0.215. The van der Waals surface area contributed by atoms with Crippen LogP contribution in [0.15, 0.2) is 0 Å². The van der Waals surface area contributed by atoms with Gasteiger partial charge in [-0.25, -0.2) is 0 Å². The summed E-state index contributed by atoms with van der Waals surface area (Å²) in [4.78, 5) is 11.0. The van der Waals surface area contributed by atoms with Crippen LogP contribution in [0.5, 0.6) is 0 Å². The minimum atomic E-state index is -0.341. The molecule has 0 heterocycles. The molecule has 1 amide bonds. The lowest BCUT2D eigenvalue weighted by molar-refractivity contribution is -0.120. The van der Waals surface area contributed by atoms with Crippen LogP contribution in [0.1, 0.15) is 26.7 Å². The third-order valence-corrected chi connectivity index (χ3v) is 1.86. The van der Waals surface area contributed by atoms with Crippen molar-refractivity contribution in [3.8, 4) is 0 Å². The molecule has 0 aromatic rings. The molecule has 0 fully saturated rings. The van der Waals surface area contributed by atoms with Crippen molar-refractivity contribution >= 4 is 11.9 Å². The maximum absolute atomic E-state index is 11.0. The number of carbonyl (C=O) groups is 1. The number of hydrogen-bond acceptors (Lipinski definition) is 3. The molecular weight excluding hydrogens is 194 g/mol. The highest BCUT2D eigenvalue weighted by molar-refractivity contribution is 5.79. The fraction of sp³-hybridized carbons (Fsp3) is 0.778. The average molecular weight is 215 g/mol. The molecule has 0 bridgehead atoms. The Bertz CT molecular complexity index is 217. The van der Waals surface area contributed by atoms with Crippen molar-refractivity contribution in [2.24, 2.45) is 11.5 Å². The predicted octanol–water partition coefficient (Wildman–Crippen LogP) is -0.898. The summed E-state index contributed by atoms with van der Waals surface area (Å²) in [5.41, 5.74) is 10.4. The third-order valence-electron chi connectivity index (χ3n) is 1.86. The largest absolute Gasteiger partial charge is 0.370 e. The molecule has 0 aliphatic heterocycles. The van der Waals surface area contributed by atoms with E-state index in [1.807, 2.05) is 13.8 Å². The van der Waals surface area contributed by atoms with Crippen molar-refractivity contribution in [2.45, 2.75) is 38.8 Å². The van der Waals surface area contributed by atoms with E-state index in [1.54, 1.807) is 0 Å². The minimum absolute atomic E-state index is 0.0533. The van der Waals surface area contributed by atoms with Crippen LogP contribution in [-0.2, 0) is 4.79 Å². The number of hydrogen-bond donors (Lipinski definition) is 5. The van der Waals surface area contributed by atoms with Crippen molar-refractivity contribution < 1.29 is 4.79 Å². The Morgan fingerprint density at radius 2 is 2.00 bits per heavy atom. The van der Waals surface area contributed by atoms with Gasteiger partial charge in [-0.15, -0.1) is 0 Å². The summed E-state index contributed by atoms with van der Waals surface area (Å²) in [6.07, 6.45) is 1.39. The van der Waals surface area contributed by atoms with Crippen molar-refractivity contribution in [3.63, 3.8) is 0 Å². The fourth-order valence-electron chi connectivity index (χ4n) is 1.24. The number of primary amides is 1. The molecule has 0 aliphatic carbocycles. The summed E-state index contributed by atoms with van der Waals surface area (Å²) < 4.78 is 0. The SMILES string of the molecule is CC(C)N[C@@H](CCCNC(=N)N)C(N)=O. The number of rotatable bonds is 7. The molecule has 0 unspecified atom stereocenters. The van der Waals surface area contributed by atoms with Gasteiger partial charge in [0.1, 0.15) is 0 Å². The van der Waals surface area contributed by atoms with Gasteiger partial charge >= 0.3 is 0 Å². The number of nitrogens with one attached hydrogen (secondary N) is 3. The zero-order valence-electron chi connectivity index (χ0n) is 9.34. The van der Waals surface area contributed by atoms with Crippen molar-refractivity contribution in [1.82, 2.24) is 10.6 Å². The van der Waals surface area contributed by atoms with Gasteiger partial charge in [0.25, 0.3) is 0 Å². The second-order valence-electron chi connectivity index (χ2n) is 3.76. The maximum Gasteiger partial charge on any atom is 0.234 e. The summed E-state index contributed by atoms with van der Waals surface area (Å²) in [6.45, 7) is 4.51. The van der Waals surface area contributed by atoms with E-state index in [1.165, 1.54) is 0 Å². The molecule has 0 spiro atoms. The number of nitrogens with two attached hydrogens (primary N) is 2. The molecular formula is C9H21N5O. The van der Waals surface area contributed by atoms with Gasteiger partial charge in [-0.2, -0.15) is 0 Å². The molecule has 15 heavy (non-hydrogen) atoms. The van der Waals surface area contributed by atoms with Gasteiger partial charge < -0.3 is 22.1 Å². The Hall–Kier alpha value is -1.30. The highest BCUT2D eigenvalue weighted by atomic mass is 16.1. The normalized spacial score (nSPS) is 12.5. The average Bonchev–Trinajstić information content (AvgIpc) is 2.08. The Labute approximate surface area is 90.3 Å². The zero-order chi connectivity index (χ0) is 11.8. The van der Waals surface area contributed by atoms with Gasteiger partial charge in [-0.1, -0.05) is 13.8 Å². The molecule has 6 heteroatoms. The molecule has 0 radical (unpaired) electrons. The highest BCUT2D eigenvalue weighted by Crippen LogP contribution is 1.97. The predicted molar refractivity (Wildman–Crippen MR) is 60.4 cm³/mol. The number of guanidine groups is 1. The zero-order valence-corrected chi connectivity index (χ0v) is 9.34. The van der Waals surface area contributed by atoms with Crippen molar-refractivity contribution in [1.29, 1.82) is 5.41 Å². The Kier molecular flexibility index (Phi) is 6.44. The van der Waals surface area contributed by atoms with Gasteiger partial charge in [-0.05, 0) is 12.8 Å². The molecule has 0 aromatic heterocycles. The summed E-state index contributed by atoms with van der Waals surface area (Å²) in [5, 5.41) is 12.7. The lowest BCUT2D eigenvalue weighted by Crippen LogP contribution is -2.45. The van der Waals surface area contributed by atoms with E-state index in [0.29, 0.717) is 13.0 Å². The standard InChI is InChI=1S/C9H21N5O/c1-6(2)14-7(8(10)15)4-3-5-13-9(11)12/h6-7,14H,3-5H2,1-2H3,(H2,10,15)(H4,11,12,13)/t7-/m0/s1. The Balaban J connectivity index is 3.76. The summed E-state index contributed by atoms with van der Waals surface area (Å²) in [6, 6.07) is -0.0815. The molecule has 0 saturated carbocycles. The number of amides is 1. The summed E-state index contributed by atoms with van der Waals surface area (Å²) >= 11 is 0. The van der Waals surface area contributed by atoms with Crippen molar-refractivity contribution in [3.05, 3.63) is 0 Å². The van der Waals surface area contributed by atoms with E-state index in [2.05, 4.69) is 10.6 Å². The van der Waals surface area contributed by atoms with Crippen molar-refractivity contribution in [2.75, 3.05) is 6.54 Å². The van der Waals surface area contributed by atoms with Gasteiger partial charge in [0.05, 0.1) is 6.04 Å². The second kappa shape index (κ2) is 7.05. The monoisotopic (exact) mass is 215 g/mol. The van der Waals surface area contributed by atoms with Crippen LogP contribution >= 0.6 is 0 Å². The van der Waals surface area contributed by atoms with Crippen LogP contribution in [0.3, 0.4) is 0 Å². The summed E-state index contributed by atoms with van der Waals surface area (Å²) in [7, 11) is 0. The first kappa shape index (κ1) is 13.7. The second-order valence-corrected chi connectivity index (χ2v) is 3.76. The van der Waals surface area contributed by atoms with E-state index in [0.717, 1.165) is 6.42 Å². The summed E-state index contributed by atoms with van der Waals surface area (Å²) in [5.74, 6) is -0.394.